The number of para-hydroxylation sites is 1. The highest BCUT2D eigenvalue weighted by molar-refractivity contribution is 5.24. The maximum absolute atomic E-state index is 13.7. The molecule has 0 unspecified atom stereocenters. The van der Waals surface area contributed by atoms with Crippen molar-refractivity contribution in [2.24, 2.45) is 14.1 Å². The Balaban J connectivity index is 1.36. The van der Waals surface area contributed by atoms with Crippen molar-refractivity contribution in [2.75, 3.05) is 26.3 Å². The molecule has 0 N–H and O–H groups in total. The Bertz CT molecular complexity index is 999. The zero-order valence-corrected chi connectivity index (χ0v) is 17.7. The van der Waals surface area contributed by atoms with Crippen molar-refractivity contribution < 1.29 is 13.9 Å². The smallest absolute Gasteiger partial charge is 0.165 e. The van der Waals surface area contributed by atoms with Gasteiger partial charge in [0.15, 0.2) is 11.6 Å². The lowest BCUT2D eigenvalue weighted by atomic mass is 10.1. The van der Waals surface area contributed by atoms with Gasteiger partial charge >= 0.3 is 0 Å². The minimum atomic E-state index is -0.345. The SMILES string of the molecule is Cc1nn(C)cc1CN1CCO[C@@H](c2cc(CCOc3ccccc3F)n(C)n2)C1. The maximum atomic E-state index is 13.7. The first-order chi connectivity index (χ1) is 14.5. The first-order valence-corrected chi connectivity index (χ1v) is 10.2. The van der Waals surface area contributed by atoms with Crippen LogP contribution in [0.5, 0.6) is 5.75 Å². The van der Waals surface area contributed by atoms with Gasteiger partial charge in [-0.15, -0.1) is 0 Å². The summed E-state index contributed by atoms with van der Waals surface area (Å²) in [6.45, 7) is 5.64. The first-order valence-electron chi connectivity index (χ1n) is 10.2. The number of aryl methyl sites for hydroxylation is 3. The van der Waals surface area contributed by atoms with E-state index in [0.717, 1.165) is 36.7 Å². The summed E-state index contributed by atoms with van der Waals surface area (Å²) in [5.41, 5.74) is 4.26. The van der Waals surface area contributed by atoms with Gasteiger partial charge in [0.25, 0.3) is 0 Å². The molecular formula is C22H28FN5O2. The van der Waals surface area contributed by atoms with E-state index >= 15 is 0 Å². The minimum Gasteiger partial charge on any atom is -0.490 e. The molecule has 1 aliphatic heterocycles. The number of hydrogen-bond donors (Lipinski definition) is 0. The summed E-state index contributed by atoms with van der Waals surface area (Å²) in [6.07, 6.45) is 2.65. The second kappa shape index (κ2) is 8.97. The Hall–Kier alpha value is -2.71. The highest BCUT2D eigenvalue weighted by atomic mass is 19.1. The van der Waals surface area contributed by atoms with Crippen molar-refractivity contribution in [1.29, 1.82) is 0 Å². The number of aromatic nitrogens is 4. The average molecular weight is 413 g/mol. The van der Waals surface area contributed by atoms with Gasteiger partial charge in [-0.1, -0.05) is 12.1 Å². The van der Waals surface area contributed by atoms with Crippen LogP contribution in [0.15, 0.2) is 36.5 Å². The fraction of sp³-hybridized carbons (Fsp3) is 0.455. The second-order valence-corrected chi connectivity index (χ2v) is 7.72. The summed E-state index contributed by atoms with van der Waals surface area (Å²) in [6, 6.07) is 8.52. The molecule has 30 heavy (non-hydrogen) atoms. The molecule has 0 bridgehead atoms. The summed E-state index contributed by atoms with van der Waals surface area (Å²) >= 11 is 0. The third-order valence-electron chi connectivity index (χ3n) is 5.44. The molecule has 3 heterocycles. The summed E-state index contributed by atoms with van der Waals surface area (Å²) in [4.78, 5) is 2.38. The molecule has 160 valence electrons. The van der Waals surface area contributed by atoms with Gasteiger partial charge < -0.3 is 9.47 Å². The Morgan fingerprint density at radius 3 is 2.83 bits per heavy atom. The third-order valence-corrected chi connectivity index (χ3v) is 5.44. The van der Waals surface area contributed by atoms with Gasteiger partial charge in [-0.05, 0) is 25.1 Å². The van der Waals surface area contributed by atoms with Crippen molar-refractivity contribution >= 4 is 0 Å². The van der Waals surface area contributed by atoms with E-state index in [0.29, 0.717) is 19.6 Å². The summed E-state index contributed by atoms with van der Waals surface area (Å²) in [5, 5.41) is 9.09. The van der Waals surface area contributed by atoms with E-state index in [-0.39, 0.29) is 17.7 Å². The molecule has 0 radical (unpaired) electrons. The molecule has 7 nitrogen and oxygen atoms in total. The quantitative estimate of drug-likeness (QED) is 0.596. The lowest BCUT2D eigenvalue weighted by Crippen LogP contribution is -2.38. The van der Waals surface area contributed by atoms with E-state index in [9.17, 15) is 4.39 Å². The number of hydrogen-bond acceptors (Lipinski definition) is 5. The van der Waals surface area contributed by atoms with E-state index in [4.69, 9.17) is 9.47 Å². The van der Waals surface area contributed by atoms with Crippen LogP contribution in [0.4, 0.5) is 4.39 Å². The number of ether oxygens (including phenoxy) is 2. The predicted octanol–water partition coefficient (Wildman–Crippen LogP) is 2.80. The normalized spacial score (nSPS) is 17.4. The van der Waals surface area contributed by atoms with Crippen LogP contribution in [0.1, 0.15) is 28.7 Å². The van der Waals surface area contributed by atoms with E-state index < -0.39 is 0 Å². The Morgan fingerprint density at radius 1 is 1.23 bits per heavy atom. The molecule has 8 heteroatoms. The molecule has 1 fully saturated rings. The highest BCUT2D eigenvalue weighted by Gasteiger charge is 2.25. The van der Waals surface area contributed by atoms with Crippen LogP contribution in [0.25, 0.3) is 0 Å². The van der Waals surface area contributed by atoms with Crippen molar-refractivity contribution in [2.45, 2.75) is 26.0 Å². The van der Waals surface area contributed by atoms with E-state index in [1.165, 1.54) is 11.6 Å². The molecule has 1 atom stereocenters. The van der Waals surface area contributed by atoms with Gasteiger partial charge in [-0.2, -0.15) is 10.2 Å². The first kappa shape index (κ1) is 20.6. The van der Waals surface area contributed by atoms with Crippen LogP contribution >= 0.6 is 0 Å². The Labute approximate surface area is 176 Å². The van der Waals surface area contributed by atoms with Crippen LogP contribution in [-0.2, 0) is 31.8 Å². The molecule has 1 saturated heterocycles. The monoisotopic (exact) mass is 413 g/mol. The minimum absolute atomic E-state index is 0.0665. The molecule has 1 aliphatic rings. The van der Waals surface area contributed by atoms with Crippen molar-refractivity contribution in [3.8, 4) is 5.75 Å². The average Bonchev–Trinajstić information content (AvgIpc) is 3.25. The van der Waals surface area contributed by atoms with Crippen LogP contribution in [0.3, 0.4) is 0 Å². The molecule has 2 aromatic heterocycles. The summed E-state index contributed by atoms with van der Waals surface area (Å²) in [5.74, 6) is -0.0698. The van der Waals surface area contributed by atoms with Crippen LogP contribution in [0.2, 0.25) is 0 Å². The Kier molecular flexibility index (Phi) is 6.15. The van der Waals surface area contributed by atoms with Gasteiger partial charge in [-0.25, -0.2) is 4.39 Å². The number of rotatable bonds is 7. The van der Waals surface area contributed by atoms with Gasteiger partial charge in [0, 0.05) is 57.6 Å². The van der Waals surface area contributed by atoms with E-state index in [2.05, 4.69) is 27.4 Å². The fourth-order valence-corrected chi connectivity index (χ4v) is 3.82. The molecule has 4 rings (SSSR count). The molecule has 0 saturated carbocycles. The van der Waals surface area contributed by atoms with Crippen LogP contribution in [0, 0.1) is 12.7 Å². The summed E-state index contributed by atoms with van der Waals surface area (Å²) < 4.78 is 29.0. The Morgan fingerprint density at radius 2 is 2.07 bits per heavy atom. The van der Waals surface area contributed by atoms with E-state index in [1.54, 1.807) is 18.2 Å². The van der Waals surface area contributed by atoms with Gasteiger partial charge in [-0.3, -0.25) is 14.3 Å². The molecule has 0 aliphatic carbocycles. The van der Waals surface area contributed by atoms with Crippen LogP contribution in [-0.4, -0.2) is 50.8 Å². The molecule has 0 amide bonds. The van der Waals surface area contributed by atoms with Gasteiger partial charge in [0.1, 0.15) is 6.10 Å². The zero-order valence-electron chi connectivity index (χ0n) is 17.7. The predicted molar refractivity (Wildman–Crippen MR) is 111 cm³/mol. The summed E-state index contributed by atoms with van der Waals surface area (Å²) in [7, 11) is 3.87. The van der Waals surface area contributed by atoms with Crippen molar-refractivity contribution in [3.63, 3.8) is 0 Å². The van der Waals surface area contributed by atoms with Crippen LogP contribution < -0.4 is 4.74 Å². The van der Waals surface area contributed by atoms with E-state index in [1.807, 2.05) is 30.4 Å². The molecule has 0 spiro atoms. The molecule has 1 aromatic carbocycles. The van der Waals surface area contributed by atoms with Crippen molar-refractivity contribution in [1.82, 2.24) is 24.5 Å². The number of morpholine rings is 1. The maximum Gasteiger partial charge on any atom is 0.165 e. The lowest BCUT2D eigenvalue weighted by Gasteiger charge is -2.31. The number of halogens is 1. The molecular weight excluding hydrogens is 385 g/mol. The third kappa shape index (κ3) is 4.71. The number of nitrogens with zero attached hydrogens (tertiary/aromatic N) is 5. The van der Waals surface area contributed by atoms with Gasteiger partial charge in [0.05, 0.1) is 24.6 Å². The van der Waals surface area contributed by atoms with Crippen molar-refractivity contribution in [3.05, 3.63) is 65.0 Å². The standard InChI is InChI=1S/C22H28FN5O2/c1-16-17(13-26(2)24-16)14-28-9-11-30-22(15-28)20-12-18(27(3)25-20)8-10-29-21-7-5-4-6-19(21)23/h4-7,12-13,22H,8-11,14-15H2,1-3H3/t22-/m1/s1. The molecule has 3 aromatic rings. The topological polar surface area (TPSA) is 57.3 Å². The highest BCUT2D eigenvalue weighted by Crippen LogP contribution is 2.24. The fourth-order valence-electron chi connectivity index (χ4n) is 3.82. The van der Waals surface area contributed by atoms with Gasteiger partial charge in [0.2, 0.25) is 0 Å². The second-order valence-electron chi connectivity index (χ2n) is 7.72. The zero-order chi connectivity index (χ0) is 21.1. The lowest BCUT2D eigenvalue weighted by molar-refractivity contribution is -0.0352. The number of benzene rings is 1. The largest absolute Gasteiger partial charge is 0.490 e.